The zero-order valence-corrected chi connectivity index (χ0v) is 12.5. The summed E-state index contributed by atoms with van der Waals surface area (Å²) >= 11 is 1.80. The Labute approximate surface area is 119 Å². The first-order chi connectivity index (χ1) is 9.10. The predicted octanol–water partition coefficient (Wildman–Crippen LogP) is 3.34. The van der Waals surface area contributed by atoms with Crippen LogP contribution in [0.1, 0.15) is 36.1 Å². The van der Waals surface area contributed by atoms with Crippen LogP contribution in [0.25, 0.3) is 0 Å². The molecule has 102 valence electrons. The van der Waals surface area contributed by atoms with E-state index in [2.05, 4.69) is 43.2 Å². The second-order valence-corrected chi connectivity index (χ2v) is 6.29. The third kappa shape index (κ3) is 3.61. The number of aryl methyl sites for hydroxylation is 1. The van der Waals surface area contributed by atoms with Crippen LogP contribution in [0.5, 0.6) is 0 Å². The van der Waals surface area contributed by atoms with Gasteiger partial charge in [-0.25, -0.2) is 0 Å². The van der Waals surface area contributed by atoms with Crippen LogP contribution in [0.2, 0.25) is 0 Å². The van der Waals surface area contributed by atoms with E-state index in [1.807, 2.05) is 24.1 Å². The standard InChI is InChI=1S/C15H21N3S/c1-11(2)12-4-6-14(7-5-12)19-15(8-16)13-9-17-18(3)10-13/h4-7,9-11,15H,8,16H2,1-3H3. The molecule has 0 fully saturated rings. The van der Waals surface area contributed by atoms with E-state index in [4.69, 9.17) is 5.73 Å². The number of hydrogen-bond donors (Lipinski definition) is 1. The minimum Gasteiger partial charge on any atom is -0.329 e. The van der Waals surface area contributed by atoms with Gasteiger partial charge in [-0.1, -0.05) is 26.0 Å². The Kier molecular flexibility index (Phi) is 4.66. The Hall–Kier alpha value is -1.26. The van der Waals surface area contributed by atoms with Gasteiger partial charge in [-0.05, 0) is 23.6 Å². The van der Waals surface area contributed by atoms with Crippen molar-refractivity contribution in [2.75, 3.05) is 6.54 Å². The molecule has 0 aliphatic carbocycles. The van der Waals surface area contributed by atoms with Gasteiger partial charge in [0.05, 0.1) is 6.20 Å². The molecule has 0 radical (unpaired) electrons. The summed E-state index contributed by atoms with van der Waals surface area (Å²) in [5.41, 5.74) is 8.44. The minimum atomic E-state index is 0.263. The normalized spacial score (nSPS) is 12.9. The number of thioether (sulfide) groups is 1. The van der Waals surface area contributed by atoms with Gasteiger partial charge in [-0.15, -0.1) is 11.8 Å². The number of rotatable bonds is 5. The quantitative estimate of drug-likeness (QED) is 0.851. The van der Waals surface area contributed by atoms with Gasteiger partial charge >= 0.3 is 0 Å². The van der Waals surface area contributed by atoms with Crippen LogP contribution in [-0.4, -0.2) is 16.3 Å². The van der Waals surface area contributed by atoms with Gasteiger partial charge in [-0.3, -0.25) is 4.68 Å². The van der Waals surface area contributed by atoms with Crippen molar-refractivity contribution >= 4 is 11.8 Å². The van der Waals surface area contributed by atoms with Gasteiger partial charge in [0, 0.05) is 35.5 Å². The van der Waals surface area contributed by atoms with E-state index in [0.29, 0.717) is 12.5 Å². The topological polar surface area (TPSA) is 43.8 Å². The average molecular weight is 275 g/mol. The fourth-order valence-electron chi connectivity index (χ4n) is 1.95. The Morgan fingerprint density at radius 1 is 1.21 bits per heavy atom. The largest absolute Gasteiger partial charge is 0.329 e. The molecule has 2 N–H and O–H groups in total. The third-order valence-electron chi connectivity index (χ3n) is 3.14. The molecule has 1 heterocycles. The molecule has 1 atom stereocenters. The second kappa shape index (κ2) is 6.26. The minimum absolute atomic E-state index is 0.263. The summed E-state index contributed by atoms with van der Waals surface area (Å²) in [5, 5.41) is 4.47. The fourth-order valence-corrected chi connectivity index (χ4v) is 2.93. The molecule has 0 amide bonds. The molecule has 0 saturated heterocycles. The fraction of sp³-hybridized carbons (Fsp3) is 0.400. The maximum Gasteiger partial charge on any atom is 0.0533 e. The van der Waals surface area contributed by atoms with E-state index in [0.717, 1.165) is 0 Å². The van der Waals surface area contributed by atoms with E-state index in [1.54, 1.807) is 11.8 Å². The molecule has 19 heavy (non-hydrogen) atoms. The highest BCUT2D eigenvalue weighted by atomic mass is 32.2. The molecule has 0 spiro atoms. The first-order valence-corrected chi connectivity index (χ1v) is 7.43. The Balaban J connectivity index is 2.10. The first kappa shape index (κ1) is 14.2. The molecule has 0 aliphatic heterocycles. The van der Waals surface area contributed by atoms with E-state index < -0.39 is 0 Å². The lowest BCUT2D eigenvalue weighted by Gasteiger charge is -2.13. The van der Waals surface area contributed by atoms with Crippen molar-refractivity contribution in [3.63, 3.8) is 0 Å². The van der Waals surface area contributed by atoms with Gasteiger partial charge < -0.3 is 5.73 Å². The highest BCUT2D eigenvalue weighted by molar-refractivity contribution is 7.99. The van der Waals surface area contributed by atoms with Crippen LogP contribution < -0.4 is 5.73 Å². The number of aromatic nitrogens is 2. The molecule has 1 aromatic heterocycles. The maximum absolute atomic E-state index is 5.88. The Morgan fingerprint density at radius 3 is 2.37 bits per heavy atom. The molecule has 1 aromatic carbocycles. The summed E-state index contributed by atoms with van der Waals surface area (Å²) in [6.45, 7) is 5.03. The van der Waals surface area contributed by atoms with Crippen molar-refractivity contribution < 1.29 is 0 Å². The molecule has 3 nitrogen and oxygen atoms in total. The van der Waals surface area contributed by atoms with Gasteiger partial charge in [0.25, 0.3) is 0 Å². The van der Waals surface area contributed by atoms with Gasteiger partial charge in [-0.2, -0.15) is 5.10 Å². The van der Waals surface area contributed by atoms with Gasteiger partial charge in [0.1, 0.15) is 0 Å². The van der Waals surface area contributed by atoms with Crippen molar-refractivity contribution in [2.45, 2.75) is 29.9 Å². The molecule has 2 aromatic rings. The Bertz CT molecular complexity index is 516. The molecular weight excluding hydrogens is 254 g/mol. The molecule has 4 heteroatoms. The van der Waals surface area contributed by atoms with Crippen LogP contribution in [-0.2, 0) is 7.05 Å². The molecule has 2 rings (SSSR count). The summed E-state index contributed by atoms with van der Waals surface area (Å²) in [6.07, 6.45) is 3.93. The maximum atomic E-state index is 5.88. The highest BCUT2D eigenvalue weighted by Crippen LogP contribution is 2.34. The smallest absolute Gasteiger partial charge is 0.0533 e. The zero-order chi connectivity index (χ0) is 13.8. The summed E-state index contributed by atoms with van der Waals surface area (Å²) in [5.74, 6) is 0.572. The van der Waals surface area contributed by atoms with E-state index in [1.165, 1.54) is 16.0 Å². The van der Waals surface area contributed by atoms with Crippen molar-refractivity contribution in [1.82, 2.24) is 9.78 Å². The van der Waals surface area contributed by atoms with E-state index in [9.17, 15) is 0 Å². The first-order valence-electron chi connectivity index (χ1n) is 6.55. The van der Waals surface area contributed by atoms with E-state index in [-0.39, 0.29) is 5.25 Å². The molecular formula is C15H21N3S. The molecule has 0 bridgehead atoms. The SMILES string of the molecule is CC(C)c1ccc(SC(CN)c2cnn(C)c2)cc1. The van der Waals surface area contributed by atoms with Crippen molar-refractivity contribution in [3.05, 3.63) is 47.8 Å². The summed E-state index contributed by atoms with van der Waals surface area (Å²) in [6, 6.07) is 8.76. The number of nitrogens with zero attached hydrogens (tertiary/aromatic N) is 2. The summed E-state index contributed by atoms with van der Waals surface area (Å²) < 4.78 is 1.82. The van der Waals surface area contributed by atoms with Crippen molar-refractivity contribution in [2.24, 2.45) is 12.8 Å². The van der Waals surface area contributed by atoms with E-state index >= 15 is 0 Å². The molecule has 1 unspecified atom stereocenters. The number of nitrogens with two attached hydrogens (primary N) is 1. The average Bonchev–Trinajstić information content (AvgIpc) is 2.83. The van der Waals surface area contributed by atoms with Crippen LogP contribution in [0.3, 0.4) is 0 Å². The Morgan fingerprint density at radius 2 is 1.89 bits per heavy atom. The number of benzene rings is 1. The predicted molar refractivity (Wildman–Crippen MR) is 81.4 cm³/mol. The number of hydrogen-bond acceptors (Lipinski definition) is 3. The summed E-state index contributed by atoms with van der Waals surface area (Å²) in [7, 11) is 1.93. The third-order valence-corrected chi connectivity index (χ3v) is 4.43. The lowest BCUT2D eigenvalue weighted by molar-refractivity contribution is 0.766. The monoisotopic (exact) mass is 275 g/mol. The van der Waals surface area contributed by atoms with Crippen LogP contribution in [0, 0.1) is 0 Å². The highest BCUT2D eigenvalue weighted by Gasteiger charge is 2.13. The van der Waals surface area contributed by atoms with Crippen molar-refractivity contribution in [1.29, 1.82) is 0 Å². The van der Waals surface area contributed by atoms with Crippen molar-refractivity contribution in [3.8, 4) is 0 Å². The van der Waals surface area contributed by atoms with Gasteiger partial charge in [0.15, 0.2) is 0 Å². The molecule has 0 saturated carbocycles. The second-order valence-electron chi connectivity index (χ2n) is 5.01. The molecule has 0 aliphatic rings. The zero-order valence-electron chi connectivity index (χ0n) is 11.7. The summed E-state index contributed by atoms with van der Waals surface area (Å²) in [4.78, 5) is 1.25. The lowest BCUT2D eigenvalue weighted by atomic mass is 10.0. The van der Waals surface area contributed by atoms with Crippen LogP contribution in [0.4, 0.5) is 0 Å². The van der Waals surface area contributed by atoms with Crippen LogP contribution in [0.15, 0.2) is 41.6 Å². The van der Waals surface area contributed by atoms with Gasteiger partial charge in [0.2, 0.25) is 0 Å². The lowest BCUT2D eigenvalue weighted by Crippen LogP contribution is -2.08. The van der Waals surface area contributed by atoms with Crippen LogP contribution >= 0.6 is 11.8 Å².